The third-order valence-corrected chi connectivity index (χ3v) is 7.03. The molecule has 2 aromatic rings. The van der Waals surface area contributed by atoms with Crippen LogP contribution in [-0.4, -0.2) is 53.8 Å². The molecule has 1 saturated carbocycles. The Kier molecular flexibility index (Phi) is 5.37. The Balaban J connectivity index is 1.35. The number of hydrogen-bond acceptors (Lipinski definition) is 3. The Labute approximate surface area is 185 Å². The molecule has 2 atom stereocenters. The van der Waals surface area contributed by atoms with Crippen LogP contribution in [0.1, 0.15) is 30.9 Å². The fraction of sp³-hybridized carbons (Fsp3) is 0.417. The summed E-state index contributed by atoms with van der Waals surface area (Å²) >= 11 is 3.47. The first kappa shape index (κ1) is 19.8. The van der Waals surface area contributed by atoms with Gasteiger partial charge < -0.3 is 9.80 Å². The highest BCUT2D eigenvalue weighted by atomic mass is 79.9. The number of piperazine rings is 1. The Morgan fingerprint density at radius 3 is 2.50 bits per heavy atom. The molecule has 6 heteroatoms. The van der Waals surface area contributed by atoms with E-state index in [9.17, 15) is 9.59 Å². The van der Waals surface area contributed by atoms with Crippen LogP contribution in [0.2, 0.25) is 0 Å². The Morgan fingerprint density at radius 2 is 1.77 bits per heavy atom. The van der Waals surface area contributed by atoms with Gasteiger partial charge in [-0.3, -0.25) is 14.5 Å². The molecule has 5 rings (SSSR count). The largest absolute Gasteiger partial charge is 0.333 e. The summed E-state index contributed by atoms with van der Waals surface area (Å²) < 4.78 is 0.933. The molecule has 5 nitrogen and oxygen atoms in total. The Hall–Kier alpha value is -2.18. The zero-order valence-corrected chi connectivity index (χ0v) is 18.5. The summed E-state index contributed by atoms with van der Waals surface area (Å²) in [5, 5.41) is 0. The molecule has 30 heavy (non-hydrogen) atoms. The lowest BCUT2D eigenvalue weighted by Crippen LogP contribution is -2.52. The monoisotopic (exact) mass is 467 g/mol. The fourth-order valence-electron chi connectivity index (χ4n) is 4.80. The average Bonchev–Trinajstić information content (AvgIpc) is 3.55. The second-order valence-electron chi connectivity index (χ2n) is 8.57. The number of rotatable bonds is 4. The van der Waals surface area contributed by atoms with Gasteiger partial charge in [-0.2, -0.15) is 0 Å². The zero-order valence-electron chi connectivity index (χ0n) is 16.9. The maximum absolute atomic E-state index is 13.6. The van der Waals surface area contributed by atoms with Crippen molar-refractivity contribution in [1.29, 1.82) is 0 Å². The van der Waals surface area contributed by atoms with E-state index in [0.29, 0.717) is 12.6 Å². The standard InChI is InChI=1S/C24H26BrN3O2/c25-19-7-4-8-21(14-19)28-15-18(13-23(28)29)24(30)27-12-11-26(20-9-10-20)16-22(27)17-5-2-1-3-6-17/h1-8,14,18,20,22H,9-13,15-16H2. The quantitative estimate of drug-likeness (QED) is 0.685. The molecule has 2 unspecified atom stereocenters. The first-order valence-corrected chi connectivity index (χ1v) is 11.5. The molecule has 0 spiro atoms. The third-order valence-electron chi connectivity index (χ3n) is 6.54. The summed E-state index contributed by atoms with van der Waals surface area (Å²) in [6.07, 6.45) is 2.83. The number of carbonyl (C=O) groups excluding carboxylic acids is 2. The summed E-state index contributed by atoms with van der Waals surface area (Å²) in [7, 11) is 0. The maximum Gasteiger partial charge on any atom is 0.228 e. The number of nitrogens with zero attached hydrogens (tertiary/aromatic N) is 3. The molecule has 2 saturated heterocycles. The van der Waals surface area contributed by atoms with Crippen molar-refractivity contribution >= 4 is 33.4 Å². The van der Waals surface area contributed by atoms with E-state index in [0.717, 1.165) is 29.8 Å². The van der Waals surface area contributed by atoms with Gasteiger partial charge in [0.2, 0.25) is 11.8 Å². The van der Waals surface area contributed by atoms with E-state index < -0.39 is 0 Å². The highest BCUT2D eigenvalue weighted by Gasteiger charge is 2.42. The van der Waals surface area contributed by atoms with Gasteiger partial charge in [0.1, 0.15) is 0 Å². The average molecular weight is 468 g/mol. The van der Waals surface area contributed by atoms with Gasteiger partial charge in [-0.1, -0.05) is 52.3 Å². The number of anilines is 1. The topological polar surface area (TPSA) is 43.9 Å². The lowest BCUT2D eigenvalue weighted by molar-refractivity contribution is -0.141. The summed E-state index contributed by atoms with van der Waals surface area (Å²) in [6, 6.07) is 18.8. The second kappa shape index (κ2) is 8.16. The van der Waals surface area contributed by atoms with E-state index >= 15 is 0 Å². The molecule has 2 aromatic carbocycles. The summed E-state index contributed by atoms with van der Waals surface area (Å²) in [4.78, 5) is 32.6. The Morgan fingerprint density at radius 1 is 0.967 bits per heavy atom. The highest BCUT2D eigenvalue weighted by molar-refractivity contribution is 9.10. The van der Waals surface area contributed by atoms with Crippen LogP contribution in [0.3, 0.4) is 0 Å². The van der Waals surface area contributed by atoms with Crippen LogP contribution in [-0.2, 0) is 9.59 Å². The Bertz CT molecular complexity index is 946. The van der Waals surface area contributed by atoms with Crippen molar-refractivity contribution in [3.8, 4) is 0 Å². The van der Waals surface area contributed by atoms with E-state index in [1.165, 1.54) is 18.4 Å². The van der Waals surface area contributed by atoms with Crippen molar-refractivity contribution in [2.24, 2.45) is 5.92 Å². The van der Waals surface area contributed by atoms with Crippen LogP contribution >= 0.6 is 15.9 Å². The second-order valence-corrected chi connectivity index (χ2v) is 9.49. The van der Waals surface area contributed by atoms with Crippen LogP contribution < -0.4 is 4.90 Å². The number of hydrogen-bond donors (Lipinski definition) is 0. The molecule has 3 aliphatic rings. The number of carbonyl (C=O) groups is 2. The van der Waals surface area contributed by atoms with Crippen LogP contribution in [0.15, 0.2) is 59.1 Å². The molecule has 0 bridgehead atoms. The molecule has 2 amide bonds. The van der Waals surface area contributed by atoms with Crippen LogP contribution in [0.25, 0.3) is 0 Å². The predicted octanol–water partition coefficient (Wildman–Crippen LogP) is 3.85. The minimum absolute atomic E-state index is 0.0272. The molecular formula is C24H26BrN3O2. The smallest absolute Gasteiger partial charge is 0.228 e. The van der Waals surface area contributed by atoms with Crippen molar-refractivity contribution in [3.63, 3.8) is 0 Å². The van der Waals surface area contributed by atoms with Crippen molar-refractivity contribution in [2.45, 2.75) is 31.3 Å². The molecule has 3 fully saturated rings. The van der Waals surface area contributed by atoms with Crippen LogP contribution in [0.4, 0.5) is 5.69 Å². The van der Waals surface area contributed by atoms with Gasteiger partial charge in [0.05, 0.1) is 12.0 Å². The van der Waals surface area contributed by atoms with Crippen molar-refractivity contribution in [3.05, 3.63) is 64.6 Å². The van der Waals surface area contributed by atoms with Gasteiger partial charge in [-0.25, -0.2) is 0 Å². The fourth-order valence-corrected chi connectivity index (χ4v) is 5.19. The first-order chi connectivity index (χ1) is 14.6. The van der Waals surface area contributed by atoms with Gasteiger partial charge in [0, 0.05) is 48.8 Å². The molecular weight excluding hydrogens is 442 g/mol. The van der Waals surface area contributed by atoms with E-state index in [-0.39, 0.29) is 30.2 Å². The van der Waals surface area contributed by atoms with Gasteiger partial charge in [-0.15, -0.1) is 0 Å². The highest BCUT2D eigenvalue weighted by Crippen LogP contribution is 2.36. The van der Waals surface area contributed by atoms with Gasteiger partial charge in [0.15, 0.2) is 0 Å². The van der Waals surface area contributed by atoms with E-state index in [1.54, 1.807) is 4.90 Å². The normalized spacial score (nSPS) is 25.0. The molecule has 0 aromatic heterocycles. The number of benzene rings is 2. The van der Waals surface area contributed by atoms with Gasteiger partial charge >= 0.3 is 0 Å². The summed E-state index contributed by atoms with van der Waals surface area (Å²) in [5.74, 6) is -0.139. The third kappa shape index (κ3) is 3.91. The molecule has 2 heterocycles. The van der Waals surface area contributed by atoms with Crippen molar-refractivity contribution in [2.75, 3.05) is 31.1 Å². The molecule has 0 N–H and O–H groups in total. The van der Waals surface area contributed by atoms with Gasteiger partial charge in [0.25, 0.3) is 0 Å². The SMILES string of the molecule is O=C1CC(C(=O)N2CCN(C3CC3)CC2c2ccccc2)CN1c1cccc(Br)c1. The van der Waals surface area contributed by atoms with E-state index in [1.807, 2.05) is 47.4 Å². The zero-order chi connectivity index (χ0) is 20.7. The lowest BCUT2D eigenvalue weighted by atomic mass is 9.98. The van der Waals surface area contributed by atoms with Crippen LogP contribution in [0, 0.1) is 5.92 Å². The molecule has 1 aliphatic carbocycles. The first-order valence-electron chi connectivity index (χ1n) is 10.8. The minimum atomic E-state index is -0.282. The van der Waals surface area contributed by atoms with Gasteiger partial charge in [-0.05, 0) is 36.6 Å². The predicted molar refractivity (Wildman–Crippen MR) is 120 cm³/mol. The van der Waals surface area contributed by atoms with Crippen molar-refractivity contribution < 1.29 is 9.59 Å². The number of amides is 2. The molecule has 0 radical (unpaired) electrons. The number of halogens is 1. The van der Waals surface area contributed by atoms with Crippen LogP contribution in [0.5, 0.6) is 0 Å². The molecule has 2 aliphatic heterocycles. The van der Waals surface area contributed by atoms with E-state index in [2.05, 4.69) is 33.0 Å². The maximum atomic E-state index is 13.6. The van der Waals surface area contributed by atoms with Crippen molar-refractivity contribution in [1.82, 2.24) is 9.80 Å². The lowest BCUT2D eigenvalue weighted by Gasteiger charge is -2.43. The van der Waals surface area contributed by atoms with E-state index in [4.69, 9.17) is 0 Å². The summed E-state index contributed by atoms with van der Waals surface area (Å²) in [5.41, 5.74) is 2.03. The minimum Gasteiger partial charge on any atom is -0.333 e. The molecule has 156 valence electrons. The summed E-state index contributed by atoms with van der Waals surface area (Å²) in [6.45, 7) is 3.00.